The van der Waals surface area contributed by atoms with Gasteiger partial charge in [0, 0.05) is 30.2 Å². The third kappa shape index (κ3) is 3.00. The highest BCUT2D eigenvalue weighted by molar-refractivity contribution is 5.75. The number of aromatic nitrogens is 5. The van der Waals surface area contributed by atoms with Gasteiger partial charge in [-0.2, -0.15) is 9.61 Å². The topological polar surface area (TPSA) is 59.2 Å². The number of nitrogens with zero attached hydrogens (tertiary/aromatic N) is 6. The van der Waals surface area contributed by atoms with Crippen LogP contribution in [-0.2, 0) is 10.8 Å². The van der Waals surface area contributed by atoms with Crippen molar-refractivity contribution in [1.29, 1.82) is 0 Å². The predicted octanol–water partition coefficient (Wildman–Crippen LogP) is 4.52. The second-order valence-electron chi connectivity index (χ2n) is 11.2. The zero-order chi connectivity index (χ0) is 23.8. The third-order valence-electron chi connectivity index (χ3n) is 8.05. The Kier molecular flexibility index (Phi) is 4.45. The maximum absolute atomic E-state index is 4.80. The highest BCUT2D eigenvalue weighted by atomic mass is 15.4. The van der Waals surface area contributed by atoms with E-state index >= 15 is 0 Å². The van der Waals surface area contributed by atoms with Gasteiger partial charge in [0.1, 0.15) is 5.69 Å². The van der Waals surface area contributed by atoms with Crippen LogP contribution in [0.1, 0.15) is 68.5 Å². The third-order valence-corrected chi connectivity index (χ3v) is 8.05. The summed E-state index contributed by atoms with van der Waals surface area (Å²) < 4.78 is 1.83. The van der Waals surface area contributed by atoms with Crippen LogP contribution in [0, 0.1) is 13.8 Å². The molecule has 5 heterocycles. The van der Waals surface area contributed by atoms with E-state index in [-0.39, 0.29) is 10.8 Å². The summed E-state index contributed by atoms with van der Waals surface area (Å²) in [6.07, 6.45) is 6.42. The van der Waals surface area contributed by atoms with Gasteiger partial charge in [0.25, 0.3) is 0 Å². The molecule has 0 fully saturated rings. The van der Waals surface area contributed by atoms with Crippen LogP contribution in [0.2, 0.25) is 0 Å². The number of aryl methyl sites for hydroxylation is 1. The van der Waals surface area contributed by atoms with Crippen LogP contribution in [0.15, 0.2) is 30.5 Å². The molecule has 0 saturated carbocycles. The van der Waals surface area contributed by atoms with Gasteiger partial charge in [0.15, 0.2) is 5.65 Å². The summed E-state index contributed by atoms with van der Waals surface area (Å²) >= 11 is 0. The normalized spacial score (nSPS) is 19.0. The number of fused-ring (bicyclic) bond motifs is 1. The maximum atomic E-state index is 4.80. The summed E-state index contributed by atoms with van der Waals surface area (Å²) in [4.78, 5) is 7.07. The van der Waals surface area contributed by atoms with Crippen molar-refractivity contribution in [2.45, 2.75) is 65.2 Å². The average Bonchev–Trinajstić information content (AvgIpc) is 3.33. The maximum Gasteiger partial charge on any atom is 0.203 e. The smallest absolute Gasteiger partial charge is 0.203 e. The first kappa shape index (κ1) is 21.3. The lowest BCUT2D eigenvalue weighted by atomic mass is 9.67. The van der Waals surface area contributed by atoms with E-state index in [0.717, 1.165) is 35.3 Å². The van der Waals surface area contributed by atoms with Gasteiger partial charge in [-0.25, -0.2) is 0 Å². The minimum atomic E-state index is 0.150. The number of pyridine rings is 1. The number of hydrogen-bond donors (Lipinski definition) is 0. The molecule has 0 saturated heterocycles. The highest BCUT2D eigenvalue weighted by Crippen LogP contribution is 2.51. The Labute approximate surface area is 200 Å². The first-order valence-corrected chi connectivity index (χ1v) is 12.3. The Balaban J connectivity index is 1.61. The monoisotopic (exact) mass is 452 g/mol. The van der Waals surface area contributed by atoms with Crippen molar-refractivity contribution in [2.75, 3.05) is 18.0 Å². The highest BCUT2D eigenvalue weighted by Gasteiger charge is 2.41. The average molecular weight is 453 g/mol. The molecule has 174 valence electrons. The Morgan fingerprint density at radius 2 is 1.74 bits per heavy atom. The van der Waals surface area contributed by atoms with Gasteiger partial charge >= 0.3 is 0 Å². The van der Waals surface area contributed by atoms with Crippen LogP contribution in [0.25, 0.3) is 23.2 Å². The minimum Gasteiger partial charge on any atom is -0.371 e. The van der Waals surface area contributed by atoms with Crippen molar-refractivity contribution >= 4 is 17.4 Å². The van der Waals surface area contributed by atoms with Crippen molar-refractivity contribution in [3.8, 4) is 11.5 Å². The minimum absolute atomic E-state index is 0.150. The number of rotatable bonds is 2. The van der Waals surface area contributed by atoms with Crippen molar-refractivity contribution in [3.05, 3.63) is 63.6 Å². The van der Waals surface area contributed by atoms with Crippen molar-refractivity contribution in [2.24, 2.45) is 0 Å². The molecule has 0 spiro atoms. The molecule has 6 heteroatoms. The Bertz CT molecular complexity index is 1480. The summed E-state index contributed by atoms with van der Waals surface area (Å²) in [6, 6.07) is 8.24. The summed E-state index contributed by atoms with van der Waals surface area (Å²) in [6.45, 7) is 16.2. The van der Waals surface area contributed by atoms with E-state index in [1.54, 1.807) is 6.20 Å². The van der Waals surface area contributed by atoms with Crippen LogP contribution >= 0.6 is 0 Å². The van der Waals surface area contributed by atoms with E-state index in [1.807, 2.05) is 22.7 Å². The summed E-state index contributed by atoms with van der Waals surface area (Å²) in [5, 5.41) is 14.8. The molecule has 1 aromatic carbocycles. The number of hydrogen-bond acceptors (Lipinski definition) is 5. The van der Waals surface area contributed by atoms with E-state index in [0.29, 0.717) is 5.82 Å². The predicted molar refractivity (Wildman–Crippen MR) is 136 cm³/mol. The van der Waals surface area contributed by atoms with E-state index in [9.17, 15) is 0 Å². The van der Waals surface area contributed by atoms with E-state index in [2.05, 4.69) is 73.8 Å². The SMILES string of the molecule is Cc1c(/C=c2/c(C)nn3c(-c4ccccn4)nnc23)cc2c3c1C(C)(C)CCN3CCC2(C)C. The fourth-order valence-electron chi connectivity index (χ4n) is 5.92. The van der Waals surface area contributed by atoms with Gasteiger partial charge in [0.05, 0.1) is 5.69 Å². The first-order valence-electron chi connectivity index (χ1n) is 12.3. The van der Waals surface area contributed by atoms with Gasteiger partial charge in [-0.05, 0) is 84.0 Å². The van der Waals surface area contributed by atoms with Gasteiger partial charge in [-0.1, -0.05) is 33.8 Å². The molecular formula is C28H32N6. The van der Waals surface area contributed by atoms with E-state index in [4.69, 9.17) is 5.10 Å². The molecule has 0 amide bonds. The molecule has 0 unspecified atom stereocenters. The second-order valence-corrected chi connectivity index (χ2v) is 11.2. The van der Waals surface area contributed by atoms with E-state index in [1.165, 1.54) is 40.8 Å². The van der Waals surface area contributed by atoms with Gasteiger partial charge in [0.2, 0.25) is 5.82 Å². The summed E-state index contributed by atoms with van der Waals surface area (Å²) in [5.41, 5.74) is 9.92. The molecule has 6 nitrogen and oxygen atoms in total. The fourth-order valence-corrected chi connectivity index (χ4v) is 5.92. The van der Waals surface area contributed by atoms with Crippen molar-refractivity contribution in [1.82, 2.24) is 24.8 Å². The second kappa shape index (κ2) is 7.11. The Morgan fingerprint density at radius 3 is 2.47 bits per heavy atom. The molecule has 0 bridgehead atoms. The molecule has 2 aliphatic rings. The molecule has 6 rings (SSSR count). The van der Waals surface area contributed by atoms with Gasteiger partial charge in [-0.3, -0.25) is 4.98 Å². The summed E-state index contributed by atoms with van der Waals surface area (Å²) in [5.74, 6) is 0.675. The van der Waals surface area contributed by atoms with Crippen molar-refractivity contribution in [3.63, 3.8) is 0 Å². The molecule has 4 aromatic rings. The number of benzene rings is 1. The molecule has 34 heavy (non-hydrogen) atoms. The first-order chi connectivity index (χ1) is 16.2. The van der Waals surface area contributed by atoms with Crippen LogP contribution in [-0.4, -0.2) is 37.9 Å². The molecule has 0 atom stereocenters. The molecule has 3 aromatic heterocycles. The van der Waals surface area contributed by atoms with Crippen LogP contribution in [0.3, 0.4) is 0 Å². The van der Waals surface area contributed by atoms with Crippen LogP contribution < -0.4 is 10.1 Å². The summed E-state index contributed by atoms with van der Waals surface area (Å²) in [7, 11) is 0. The number of anilines is 1. The molecule has 2 aliphatic heterocycles. The van der Waals surface area contributed by atoms with Gasteiger partial charge < -0.3 is 4.90 Å². The zero-order valence-electron chi connectivity index (χ0n) is 21.0. The van der Waals surface area contributed by atoms with Crippen molar-refractivity contribution < 1.29 is 0 Å². The molecule has 0 N–H and O–H groups in total. The lowest BCUT2D eigenvalue weighted by Crippen LogP contribution is -2.45. The van der Waals surface area contributed by atoms with Crippen LogP contribution in [0.5, 0.6) is 0 Å². The Hall–Kier alpha value is -3.28. The lowest BCUT2D eigenvalue weighted by molar-refractivity contribution is 0.400. The van der Waals surface area contributed by atoms with Gasteiger partial charge in [-0.15, -0.1) is 10.2 Å². The molecule has 0 radical (unpaired) electrons. The molecule has 0 aliphatic carbocycles. The standard InChI is InChI=1S/C28H32N6/c1-17-19(16-21-24-23(17)28(5,6)11-14-33(24)13-10-27(21,3)4)15-20-18(2)32-34-25(20)30-31-26(34)22-9-7-8-12-29-22/h7-9,12,15-16H,10-11,13-14H2,1-6H3/b20-15-. The largest absolute Gasteiger partial charge is 0.371 e. The van der Waals surface area contributed by atoms with E-state index < -0.39 is 0 Å². The lowest BCUT2D eigenvalue weighted by Gasteiger charge is -2.49. The van der Waals surface area contributed by atoms with Crippen LogP contribution in [0.4, 0.5) is 5.69 Å². The zero-order valence-corrected chi connectivity index (χ0v) is 21.0. The quantitative estimate of drug-likeness (QED) is 0.448. The Morgan fingerprint density at radius 1 is 0.971 bits per heavy atom. The fraction of sp³-hybridized carbons (Fsp3) is 0.429. The molecular weight excluding hydrogens is 420 g/mol.